The highest BCUT2D eigenvalue weighted by Crippen LogP contribution is 2.43. The molecule has 0 heterocycles. The lowest BCUT2D eigenvalue weighted by Gasteiger charge is -2.16. The molecule has 0 aromatic heterocycles. The van der Waals surface area contributed by atoms with Crippen LogP contribution in [0.15, 0.2) is 10.5 Å². The molecule has 2 N–H and O–H groups in total. The molecule has 0 aliphatic heterocycles. The number of nitrogens with two attached hydrogens (primary N) is 1. The van der Waals surface area contributed by atoms with Crippen molar-refractivity contribution in [1.29, 1.82) is 0 Å². The molecule has 1 aromatic carbocycles. The van der Waals surface area contributed by atoms with Crippen LogP contribution in [0, 0.1) is 0 Å². The van der Waals surface area contributed by atoms with Crippen LogP contribution in [0.3, 0.4) is 0 Å². The number of hydrogen-bond acceptors (Lipinski definition) is 4. The number of primary amides is 1. The zero-order chi connectivity index (χ0) is 13.0. The van der Waals surface area contributed by atoms with Crippen LogP contribution in [-0.4, -0.2) is 26.7 Å². The van der Waals surface area contributed by atoms with Gasteiger partial charge in [-0.25, -0.2) is 0 Å². The predicted octanol–water partition coefficient (Wildman–Crippen LogP) is 1.96. The van der Waals surface area contributed by atoms with Crippen molar-refractivity contribution in [3.8, 4) is 17.2 Å². The van der Waals surface area contributed by atoms with E-state index in [9.17, 15) is 4.79 Å². The Kier molecular flexibility index (Phi) is 4.62. The molecule has 17 heavy (non-hydrogen) atoms. The van der Waals surface area contributed by atoms with Gasteiger partial charge < -0.3 is 19.9 Å². The SMILES string of the molecule is CCOc1c(OC)c(OC)cc(Br)c1C(N)=O. The number of hydrogen-bond donors (Lipinski definition) is 1. The highest BCUT2D eigenvalue weighted by Gasteiger charge is 2.23. The van der Waals surface area contributed by atoms with Crippen molar-refractivity contribution >= 4 is 21.8 Å². The fraction of sp³-hybridized carbons (Fsp3) is 0.364. The maximum Gasteiger partial charge on any atom is 0.253 e. The second-order valence-electron chi connectivity index (χ2n) is 3.10. The van der Waals surface area contributed by atoms with Gasteiger partial charge in [-0.3, -0.25) is 4.79 Å². The van der Waals surface area contributed by atoms with Crippen LogP contribution in [0.25, 0.3) is 0 Å². The number of carbonyl (C=O) groups excluding carboxylic acids is 1. The molecule has 0 aliphatic carbocycles. The number of halogens is 1. The minimum absolute atomic E-state index is 0.240. The molecule has 5 nitrogen and oxygen atoms in total. The quantitative estimate of drug-likeness (QED) is 0.902. The molecule has 0 saturated carbocycles. The average Bonchev–Trinajstić information content (AvgIpc) is 2.28. The topological polar surface area (TPSA) is 70.8 Å². The molecule has 94 valence electrons. The monoisotopic (exact) mass is 303 g/mol. The summed E-state index contributed by atoms with van der Waals surface area (Å²) in [6, 6.07) is 1.61. The molecule has 0 atom stereocenters. The molecule has 0 unspecified atom stereocenters. The second kappa shape index (κ2) is 5.77. The van der Waals surface area contributed by atoms with E-state index < -0.39 is 5.91 Å². The van der Waals surface area contributed by atoms with Crippen LogP contribution in [-0.2, 0) is 0 Å². The smallest absolute Gasteiger partial charge is 0.253 e. The maximum atomic E-state index is 11.4. The molecule has 1 aromatic rings. The average molecular weight is 304 g/mol. The molecule has 0 spiro atoms. The van der Waals surface area contributed by atoms with E-state index in [0.29, 0.717) is 22.6 Å². The van der Waals surface area contributed by atoms with Gasteiger partial charge in [0, 0.05) is 4.47 Å². The van der Waals surface area contributed by atoms with Crippen molar-refractivity contribution in [1.82, 2.24) is 0 Å². The van der Waals surface area contributed by atoms with Gasteiger partial charge in [0.25, 0.3) is 5.91 Å². The fourth-order valence-corrected chi connectivity index (χ4v) is 2.03. The number of methoxy groups -OCH3 is 2. The van der Waals surface area contributed by atoms with Gasteiger partial charge in [0.2, 0.25) is 5.75 Å². The van der Waals surface area contributed by atoms with Gasteiger partial charge in [-0.1, -0.05) is 0 Å². The Morgan fingerprint density at radius 1 is 1.35 bits per heavy atom. The molecular formula is C11H14BrNO4. The van der Waals surface area contributed by atoms with Crippen molar-refractivity contribution in [2.45, 2.75) is 6.92 Å². The lowest BCUT2D eigenvalue weighted by Crippen LogP contribution is -2.15. The second-order valence-corrected chi connectivity index (χ2v) is 3.95. The Hall–Kier alpha value is -1.43. The van der Waals surface area contributed by atoms with E-state index in [1.807, 2.05) is 0 Å². The third-order valence-corrected chi connectivity index (χ3v) is 2.74. The van der Waals surface area contributed by atoms with Crippen molar-refractivity contribution in [2.75, 3.05) is 20.8 Å². The molecule has 1 rings (SSSR count). The summed E-state index contributed by atoms with van der Waals surface area (Å²) in [5, 5.41) is 0. The summed E-state index contributed by atoms with van der Waals surface area (Å²) in [4.78, 5) is 11.4. The predicted molar refractivity (Wildman–Crippen MR) is 66.9 cm³/mol. The van der Waals surface area contributed by atoms with Crippen LogP contribution in [0.5, 0.6) is 17.2 Å². The van der Waals surface area contributed by atoms with Gasteiger partial charge in [-0.05, 0) is 28.9 Å². The van der Waals surface area contributed by atoms with Gasteiger partial charge >= 0.3 is 0 Å². The van der Waals surface area contributed by atoms with Gasteiger partial charge in [-0.2, -0.15) is 0 Å². The Bertz CT molecular complexity index is 434. The minimum Gasteiger partial charge on any atom is -0.493 e. The van der Waals surface area contributed by atoms with Crippen molar-refractivity contribution in [3.05, 3.63) is 16.1 Å². The maximum absolute atomic E-state index is 11.4. The third-order valence-electron chi connectivity index (χ3n) is 2.11. The van der Waals surface area contributed by atoms with Crippen molar-refractivity contribution in [2.24, 2.45) is 5.73 Å². The van der Waals surface area contributed by atoms with Gasteiger partial charge in [0.05, 0.1) is 26.4 Å². The van der Waals surface area contributed by atoms with E-state index in [0.717, 1.165) is 0 Å². The van der Waals surface area contributed by atoms with E-state index in [1.54, 1.807) is 13.0 Å². The van der Waals surface area contributed by atoms with Gasteiger partial charge in [-0.15, -0.1) is 0 Å². The Balaban J connectivity index is 3.54. The summed E-state index contributed by atoms with van der Waals surface area (Å²) in [5.41, 5.74) is 5.56. The molecule has 0 saturated heterocycles. The third kappa shape index (κ3) is 2.63. The van der Waals surface area contributed by atoms with Crippen LogP contribution < -0.4 is 19.9 Å². The summed E-state index contributed by atoms with van der Waals surface area (Å²) in [5.74, 6) is 0.508. The van der Waals surface area contributed by atoms with Gasteiger partial charge in [0.15, 0.2) is 11.5 Å². The summed E-state index contributed by atoms with van der Waals surface area (Å²) in [6.07, 6.45) is 0. The normalized spacial score (nSPS) is 9.88. The van der Waals surface area contributed by atoms with Gasteiger partial charge in [0.1, 0.15) is 0 Å². The molecule has 6 heteroatoms. The first kappa shape index (κ1) is 13.6. The van der Waals surface area contributed by atoms with Crippen molar-refractivity contribution < 1.29 is 19.0 Å². The Morgan fingerprint density at radius 3 is 2.41 bits per heavy atom. The van der Waals surface area contributed by atoms with Crippen LogP contribution in [0.2, 0.25) is 0 Å². The molecule has 1 amide bonds. The van der Waals surface area contributed by atoms with Crippen molar-refractivity contribution in [3.63, 3.8) is 0 Å². The molecule has 0 bridgehead atoms. The minimum atomic E-state index is -0.596. The summed E-state index contributed by atoms with van der Waals surface area (Å²) < 4.78 is 16.3. The van der Waals surface area contributed by atoms with E-state index in [1.165, 1.54) is 14.2 Å². The first-order valence-electron chi connectivity index (χ1n) is 4.93. The Labute approximate surface area is 108 Å². The number of rotatable bonds is 5. The van der Waals surface area contributed by atoms with E-state index in [-0.39, 0.29) is 11.3 Å². The molecular weight excluding hydrogens is 290 g/mol. The molecule has 0 radical (unpaired) electrons. The number of amides is 1. The molecule has 0 aliphatic rings. The Morgan fingerprint density at radius 2 is 2.00 bits per heavy atom. The van der Waals surface area contributed by atoms with Crippen LogP contribution >= 0.6 is 15.9 Å². The molecule has 0 fully saturated rings. The summed E-state index contributed by atoms with van der Waals surface area (Å²) in [7, 11) is 2.98. The highest BCUT2D eigenvalue weighted by atomic mass is 79.9. The van der Waals surface area contributed by atoms with E-state index in [2.05, 4.69) is 15.9 Å². The lowest BCUT2D eigenvalue weighted by molar-refractivity contribution is 0.0995. The zero-order valence-corrected chi connectivity index (χ0v) is 11.5. The number of ether oxygens (including phenoxy) is 3. The van der Waals surface area contributed by atoms with E-state index in [4.69, 9.17) is 19.9 Å². The zero-order valence-electron chi connectivity index (χ0n) is 9.87. The lowest BCUT2D eigenvalue weighted by atomic mass is 10.1. The number of benzene rings is 1. The number of carbonyl (C=O) groups is 1. The standard InChI is InChI=1S/C11H14BrNO4/c1-4-17-10-8(11(13)14)6(12)5-7(15-2)9(10)16-3/h5H,4H2,1-3H3,(H2,13,14). The first-order chi connectivity index (χ1) is 8.06. The fourth-order valence-electron chi connectivity index (χ4n) is 1.44. The van der Waals surface area contributed by atoms with Crippen LogP contribution in [0.1, 0.15) is 17.3 Å². The van der Waals surface area contributed by atoms with E-state index >= 15 is 0 Å². The van der Waals surface area contributed by atoms with Crippen LogP contribution in [0.4, 0.5) is 0 Å². The first-order valence-corrected chi connectivity index (χ1v) is 5.73. The largest absolute Gasteiger partial charge is 0.493 e. The summed E-state index contributed by atoms with van der Waals surface area (Å²) in [6.45, 7) is 2.19. The summed E-state index contributed by atoms with van der Waals surface area (Å²) >= 11 is 3.26. The highest BCUT2D eigenvalue weighted by molar-refractivity contribution is 9.10.